The molecule has 0 radical (unpaired) electrons. The van der Waals surface area contributed by atoms with Crippen LogP contribution < -0.4 is 16.2 Å². The minimum Gasteiger partial charge on any atom is -0.473 e. The van der Waals surface area contributed by atoms with Gasteiger partial charge < -0.3 is 16.2 Å². The van der Waals surface area contributed by atoms with Crippen LogP contribution in [-0.2, 0) is 0 Å². The van der Waals surface area contributed by atoms with Crippen LogP contribution >= 0.6 is 0 Å². The van der Waals surface area contributed by atoms with E-state index in [1.165, 1.54) is 6.07 Å². The Morgan fingerprint density at radius 3 is 2.47 bits per heavy atom. The third-order valence-electron chi connectivity index (χ3n) is 2.90. The van der Waals surface area contributed by atoms with E-state index in [1.54, 1.807) is 6.07 Å². The van der Waals surface area contributed by atoms with Gasteiger partial charge in [-0.2, -0.15) is 0 Å². The maximum Gasteiger partial charge on any atom is 0.269 e. The van der Waals surface area contributed by atoms with E-state index >= 15 is 0 Å². The number of carbonyl (C=O) groups is 1. The SMILES string of the molecule is NC(=O)c1ccc(OC2CCC(N)CC2)nn1. The molecule has 1 aliphatic rings. The second-order valence-electron chi connectivity index (χ2n) is 4.28. The molecule has 1 saturated carbocycles. The smallest absolute Gasteiger partial charge is 0.269 e. The highest BCUT2D eigenvalue weighted by Gasteiger charge is 2.20. The van der Waals surface area contributed by atoms with Crippen molar-refractivity contribution in [1.82, 2.24) is 10.2 Å². The minimum atomic E-state index is -0.590. The summed E-state index contributed by atoms with van der Waals surface area (Å²) in [5, 5.41) is 7.49. The molecular formula is C11H16N4O2. The summed E-state index contributed by atoms with van der Waals surface area (Å²) in [6.07, 6.45) is 3.94. The van der Waals surface area contributed by atoms with Crippen molar-refractivity contribution < 1.29 is 9.53 Å². The van der Waals surface area contributed by atoms with Crippen LogP contribution in [0.4, 0.5) is 0 Å². The fourth-order valence-electron chi connectivity index (χ4n) is 1.89. The van der Waals surface area contributed by atoms with Gasteiger partial charge in [0.05, 0.1) is 0 Å². The van der Waals surface area contributed by atoms with Gasteiger partial charge in [-0.05, 0) is 31.7 Å². The summed E-state index contributed by atoms with van der Waals surface area (Å²) in [6.45, 7) is 0. The largest absolute Gasteiger partial charge is 0.473 e. The summed E-state index contributed by atoms with van der Waals surface area (Å²) >= 11 is 0. The molecule has 4 N–H and O–H groups in total. The quantitative estimate of drug-likeness (QED) is 0.781. The molecule has 6 nitrogen and oxygen atoms in total. The summed E-state index contributed by atoms with van der Waals surface area (Å²) in [7, 11) is 0. The van der Waals surface area contributed by atoms with Crippen LogP contribution in [-0.4, -0.2) is 28.3 Å². The Labute approximate surface area is 99.3 Å². The van der Waals surface area contributed by atoms with Crippen molar-refractivity contribution in [2.45, 2.75) is 37.8 Å². The van der Waals surface area contributed by atoms with E-state index in [9.17, 15) is 4.79 Å². The molecule has 0 bridgehead atoms. The van der Waals surface area contributed by atoms with Crippen LogP contribution in [0, 0.1) is 0 Å². The van der Waals surface area contributed by atoms with E-state index in [0.717, 1.165) is 25.7 Å². The molecule has 0 atom stereocenters. The van der Waals surface area contributed by atoms with Gasteiger partial charge in [0.1, 0.15) is 6.10 Å². The van der Waals surface area contributed by atoms with Gasteiger partial charge in [-0.25, -0.2) is 0 Å². The van der Waals surface area contributed by atoms with Gasteiger partial charge >= 0.3 is 0 Å². The molecule has 0 aromatic carbocycles. The van der Waals surface area contributed by atoms with Crippen LogP contribution in [0.5, 0.6) is 5.88 Å². The lowest BCUT2D eigenvalue weighted by Crippen LogP contribution is -2.31. The normalized spacial score (nSPS) is 24.3. The fourth-order valence-corrected chi connectivity index (χ4v) is 1.89. The number of ether oxygens (including phenoxy) is 1. The van der Waals surface area contributed by atoms with Gasteiger partial charge in [0, 0.05) is 12.1 Å². The molecular weight excluding hydrogens is 220 g/mol. The van der Waals surface area contributed by atoms with Crippen molar-refractivity contribution in [3.8, 4) is 5.88 Å². The third-order valence-corrected chi connectivity index (χ3v) is 2.90. The number of amides is 1. The Morgan fingerprint density at radius 1 is 1.24 bits per heavy atom. The first-order valence-electron chi connectivity index (χ1n) is 5.71. The zero-order valence-electron chi connectivity index (χ0n) is 9.50. The van der Waals surface area contributed by atoms with Crippen molar-refractivity contribution >= 4 is 5.91 Å². The van der Waals surface area contributed by atoms with Crippen molar-refractivity contribution in [2.24, 2.45) is 11.5 Å². The zero-order chi connectivity index (χ0) is 12.3. The number of nitrogens with zero attached hydrogens (tertiary/aromatic N) is 2. The lowest BCUT2D eigenvalue weighted by Gasteiger charge is -2.26. The fraction of sp³-hybridized carbons (Fsp3) is 0.545. The first-order valence-corrected chi connectivity index (χ1v) is 5.71. The number of nitrogens with two attached hydrogens (primary N) is 2. The molecule has 0 saturated heterocycles. The standard InChI is InChI=1S/C11H16N4O2/c12-7-1-3-8(4-2-7)17-10-6-5-9(11(13)16)14-15-10/h5-8H,1-4,12H2,(H2,13,16). The molecule has 17 heavy (non-hydrogen) atoms. The predicted octanol–water partition coefficient (Wildman–Crippen LogP) is 0.224. The molecule has 1 aromatic rings. The maximum atomic E-state index is 10.8. The number of hydrogen-bond donors (Lipinski definition) is 2. The average Bonchev–Trinajstić information content (AvgIpc) is 2.33. The predicted molar refractivity (Wildman–Crippen MR) is 61.4 cm³/mol. The lowest BCUT2D eigenvalue weighted by atomic mass is 9.94. The first kappa shape index (κ1) is 11.8. The van der Waals surface area contributed by atoms with E-state index in [0.29, 0.717) is 5.88 Å². The maximum absolute atomic E-state index is 10.8. The Balaban J connectivity index is 1.92. The monoisotopic (exact) mass is 236 g/mol. The van der Waals surface area contributed by atoms with E-state index in [2.05, 4.69) is 10.2 Å². The number of carbonyl (C=O) groups excluding carboxylic acids is 1. The van der Waals surface area contributed by atoms with E-state index in [1.807, 2.05) is 0 Å². The van der Waals surface area contributed by atoms with Gasteiger partial charge in [-0.15, -0.1) is 10.2 Å². The average molecular weight is 236 g/mol. The molecule has 0 unspecified atom stereocenters. The van der Waals surface area contributed by atoms with Crippen LogP contribution in [0.3, 0.4) is 0 Å². The molecule has 92 valence electrons. The molecule has 1 amide bonds. The zero-order valence-corrected chi connectivity index (χ0v) is 9.50. The van der Waals surface area contributed by atoms with Gasteiger partial charge in [0.15, 0.2) is 5.69 Å². The molecule has 1 aliphatic carbocycles. The lowest BCUT2D eigenvalue weighted by molar-refractivity contribution is 0.0993. The third kappa shape index (κ3) is 3.13. The van der Waals surface area contributed by atoms with Crippen molar-refractivity contribution in [3.63, 3.8) is 0 Å². The van der Waals surface area contributed by atoms with Gasteiger partial charge in [-0.3, -0.25) is 4.79 Å². The molecule has 1 fully saturated rings. The molecule has 2 rings (SSSR count). The molecule has 0 aliphatic heterocycles. The number of rotatable bonds is 3. The summed E-state index contributed by atoms with van der Waals surface area (Å²) in [5.41, 5.74) is 11.0. The van der Waals surface area contributed by atoms with E-state index in [-0.39, 0.29) is 17.8 Å². The van der Waals surface area contributed by atoms with Crippen molar-refractivity contribution in [3.05, 3.63) is 17.8 Å². The minimum absolute atomic E-state index is 0.142. The number of primary amides is 1. The van der Waals surface area contributed by atoms with Crippen molar-refractivity contribution in [1.29, 1.82) is 0 Å². The molecule has 0 spiro atoms. The number of hydrogen-bond acceptors (Lipinski definition) is 5. The summed E-state index contributed by atoms with van der Waals surface area (Å²) in [5.74, 6) is -0.164. The van der Waals surface area contributed by atoms with E-state index < -0.39 is 5.91 Å². The highest BCUT2D eigenvalue weighted by Crippen LogP contribution is 2.21. The Morgan fingerprint density at radius 2 is 1.94 bits per heavy atom. The van der Waals surface area contributed by atoms with Crippen LogP contribution in [0.15, 0.2) is 12.1 Å². The second kappa shape index (κ2) is 5.09. The summed E-state index contributed by atoms with van der Waals surface area (Å²) in [6, 6.07) is 3.42. The topological polar surface area (TPSA) is 104 Å². The molecule has 1 aromatic heterocycles. The Hall–Kier alpha value is -1.69. The Kier molecular flexibility index (Phi) is 3.53. The van der Waals surface area contributed by atoms with Gasteiger partial charge in [-0.1, -0.05) is 0 Å². The van der Waals surface area contributed by atoms with Gasteiger partial charge in [0.25, 0.3) is 5.91 Å². The van der Waals surface area contributed by atoms with Gasteiger partial charge in [0.2, 0.25) is 5.88 Å². The highest BCUT2D eigenvalue weighted by molar-refractivity contribution is 5.90. The Bertz CT molecular complexity index is 385. The molecule has 6 heteroatoms. The second-order valence-corrected chi connectivity index (χ2v) is 4.28. The van der Waals surface area contributed by atoms with Crippen LogP contribution in [0.2, 0.25) is 0 Å². The summed E-state index contributed by atoms with van der Waals surface area (Å²) in [4.78, 5) is 10.8. The van der Waals surface area contributed by atoms with E-state index in [4.69, 9.17) is 16.2 Å². The van der Waals surface area contributed by atoms with Crippen LogP contribution in [0.1, 0.15) is 36.2 Å². The van der Waals surface area contributed by atoms with Crippen LogP contribution in [0.25, 0.3) is 0 Å². The first-order chi connectivity index (χ1) is 8.15. The number of aromatic nitrogens is 2. The highest BCUT2D eigenvalue weighted by atomic mass is 16.5. The summed E-state index contributed by atoms with van der Waals surface area (Å²) < 4.78 is 5.66. The van der Waals surface area contributed by atoms with Crippen molar-refractivity contribution in [2.75, 3.05) is 0 Å². The molecule has 1 heterocycles.